The van der Waals surface area contributed by atoms with E-state index in [1.54, 1.807) is 6.20 Å². The maximum absolute atomic E-state index is 13.5. The highest BCUT2D eigenvalue weighted by molar-refractivity contribution is 5.92. The number of rotatable bonds is 19. The van der Waals surface area contributed by atoms with Gasteiger partial charge < -0.3 is 28.3 Å². The van der Waals surface area contributed by atoms with E-state index >= 15 is 0 Å². The fourth-order valence-corrected chi connectivity index (χ4v) is 5.17. The number of nitrogens with one attached hydrogen (secondary N) is 2. The first-order valence-corrected chi connectivity index (χ1v) is 14.6. The Labute approximate surface area is 243 Å². The van der Waals surface area contributed by atoms with E-state index in [2.05, 4.69) is 15.7 Å². The second-order valence-electron chi connectivity index (χ2n) is 10.6. The SMILES string of the molecule is NCC[N+](CCN)(CCN)NCCC[C@H](N)C(=O)N[C@@H](CCc1ccccc1)C(=O)Cc1cnc2ccccc2c1. The van der Waals surface area contributed by atoms with E-state index < -0.39 is 12.1 Å². The van der Waals surface area contributed by atoms with Gasteiger partial charge in [0, 0.05) is 44.2 Å². The van der Waals surface area contributed by atoms with Crippen LogP contribution in [-0.2, 0) is 22.4 Å². The van der Waals surface area contributed by atoms with Crippen molar-refractivity contribution in [1.29, 1.82) is 0 Å². The van der Waals surface area contributed by atoms with Gasteiger partial charge in [0.25, 0.3) is 0 Å². The summed E-state index contributed by atoms with van der Waals surface area (Å²) in [6.45, 7) is 4.36. The van der Waals surface area contributed by atoms with Gasteiger partial charge in [0.2, 0.25) is 5.91 Å². The van der Waals surface area contributed by atoms with Gasteiger partial charge in [-0.3, -0.25) is 14.6 Å². The largest absolute Gasteiger partial charge is 0.345 e. The number of hydrogen-bond acceptors (Lipinski definition) is 8. The molecule has 3 rings (SSSR count). The van der Waals surface area contributed by atoms with Crippen LogP contribution in [0.25, 0.3) is 10.9 Å². The molecule has 10 nitrogen and oxygen atoms in total. The summed E-state index contributed by atoms with van der Waals surface area (Å²) in [5, 5.41) is 3.93. The van der Waals surface area contributed by atoms with E-state index in [1.165, 1.54) is 0 Å². The Morgan fingerprint density at radius 2 is 1.51 bits per heavy atom. The van der Waals surface area contributed by atoms with Crippen molar-refractivity contribution < 1.29 is 14.2 Å². The molecule has 0 fully saturated rings. The van der Waals surface area contributed by atoms with E-state index in [-0.39, 0.29) is 18.1 Å². The molecule has 2 atom stereocenters. The van der Waals surface area contributed by atoms with Crippen LogP contribution in [0, 0.1) is 0 Å². The molecule has 2 aromatic carbocycles. The molecule has 41 heavy (non-hydrogen) atoms. The molecule has 0 unspecified atom stereocenters. The number of quaternary nitrogens is 1. The summed E-state index contributed by atoms with van der Waals surface area (Å²) in [5.41, 5.74) is 30.1. The third kappa shape index (κ3) is 10.3. The molecule has 0 radical (unpaired) electrons. The zero-order valence-electron chi connectivity index (χ0n) is 24.0. The molecule has 10 N–H and O–H groups in total. The van der Waals surface area contributed by atoms with Crippen molar-refractivity contribution >= 4 is 22.6 Å². The van der Waals surface area contributed by atoms with Gasteiger partial charge >= 0.3 is 0 Å². The molecule has 0 bridgehead atoms. The summed E-state index contributed by atoms with van der Waals surface area (Å²) in [5.74, 6) is -0.382. The van der Waals surface area contributed by atoms with Crippen LogP contribution in [0.15, 0.2) is 66.9 Å². The standard InChI is InChI=1S/C31H46N8O2/c32-14-18-39(19-15-33,20-16-34)37-17-6-10-27(35)31(41)38-29(13-12-24-7-2-1-3-8-24)30(40)22-25-21-26-9-4-5-11-28(26)36-23-25/h1-5,7-9,11,21,23,27,29,37H,6,10,12-20,22,32-35H2/p+1/t27-,29-/m0/s1. The number of aryl methyl sites for hydroxylation is 1. The van der Waals surface area contributed by atoms with Crippen molar-refractivity contribution in [2.75, 3.05) is 45.8 Å². The van der Waals surface area contributed by atoms with Gasteiger partial charge in [-0.05, 0) is 48.9 Å². The van der Waals surface area contributed by atoms with E-state index in [0.717, 1.165) is 41.7 Å². The number of carbonyl (C=O) groups excluding carboxylic acids is 2. The second kappa shape index (κ2) is 16.9. The Kier molecular flexibility index (Phi) is 13.3. The third-order valence-corrected chi connectivity index (χ3v) is 7.44. The number of amides is 1. The van der Waals surface area contributed by atoms with E-state index in [4.69, 9.17) is 22.9 Å². The lowest BCUT2D eigenvalue weighted by Gasteiger charge is -2.37. The van der Waals surface area contributed by atoms with Gasteiger partial charge in [-0.25, -0.2) is 4.59 Å². The molecule has 0 aliphatic carbocycles. The van der Waals surface area contributed by atoms with Gasteiger partial charge in [-0.1, -0.05) is 48.5 Å². The zero-order valence-corrected chi connectivity index (χ0v) is 24.0. The quantitative estimate of drug-likeness (QED) is 0.0704. The molecule has 0 saturated carbocycles. The molecule has 1 amide bonds. The number of pyridine rings is 1. The fraction of sp³-hybridized carbons (Fsp3) is 0.452. The van der Waals surface area contributed by atoms with Crippen molar-refractivity contribution in [2.24, 2.45) is 22.9 Å². The summed E-state index contributed by atoms with van der Waals surface area (Å²) in [6, 6.07) is 18.3. The first-order valence-electron chi connectivity index (χ1n) is 14.6. The number of benzene rings is 2. The lowest BCUT2D eigenvalue weighted by molar-refractivity contribution is -0.966. The summed E-state index contributed by atoms with van der Waals surface area (Å²) in [7, 11) is 0. The Morgan fingerprint density at radius 3 is 2.20 bits per heavy atom. The van der Waals surface area contributed by atoms with Crippen LogP contribution >= 0.6 is 0 Å². The molecule has 1 aromatic heterocycles. The molecular formula is C31H47N8O2+. The zero-order chi connectivity index (χ0) is 29.5. The van der Waals surface area contributed by atoms with Crippen molar-refractivity contribution in [1.82, 2.24) is 15.7 Å². The van der Waals surface area contributed by atoms with E-state index in [1.807, 2.05) is 60.7 Å². The molecule has 0 aliphatic rings. The Bertz CT molecular complexity index is 1210. The van der Waals surface area contributed by atoms with Gasteiger partial charge in [0.1, 0.15) is 19.6 Å². The predicted molar refractivity (Wildman–Crippen MR) is 164 cm³/mol. The van der Waals surface area contributed by atoms with Crippen LogP contribution in [0.3, 0.4) is 0 Å². The maximum atomic E-state index is 13.5. The van der Waals surface area contributed by atoms with Crippen molar-refractivity contribution in [2.45, 2.75) is 44.2 Å². The number of aromatic nitrogens is 1. The molecular weight excluding hydrogens is 516 g/mol. The normalized spacial score (nSPS) is 13.2. The number of para-hydroxylation sites is 1. The first-order chi connectivity index (χ1) is 19.9. The highest BCUT2D eigenvalue weighted by Gasteiger charge is 2.26. The molecule has 222 valence electrons. The number of ketones is 1. The summed E-state index contributed by atoms with van der Waals surface area (Å²) < 4.78 is 0.546. The number of carbonyl (C=O) groups is 2. The number of fused-ring (bicyclic) bond motifs is 1. The van der Waals surface area contributed by atoms with Gasteiger partial charge in [0.05, 0.1) is 17.6 Å². The monoisotopic (exact) mass is 563 g/mol. The van der Waals surface area contributed by atoms with Crippen LogP contribution < -0.4 is 33.7 Å². The first kappa shape index (κ1) is 32.3. The Morgan fingerprint density at radius 1 is 0.854 bits per heavy atom. The van der Waals surface area contributed by atoms with Crippen molar-refractivity contribution in [3.05, 3.63) is 78.0 Å². The molecule has 1 heterocycles. The van der Waals surface area contributed by atoms with Gasteiger partial charge in [0.15, 0.2) is 5.78 Å². The van der Waals surface area contributed by atoms with E-state index in [9.17, 15) is 9.59 Å². The number of nitrogens with zero attached hydrogens (tertiary/aromatic N) is 2. The van der Waals surface area contributed by atoms with Crippen molar-refractivity contribution in [3.63, 3.8) is 0 Å². The lowest BCUT2D eigenvalue weighted by Crippen LogP contribution is -2.63. The van der Waals surface area contributed by atoms with E-state index in [0.29, 0.717) is 56.5 Å². The van der Waals surface area contributed by atoms with Crippen LogP contribution in [0.2, 0.25) is 0 Å². The summed E-state index contributed by atoms with van der Waals surface area (Å²) in [4.78, 5) is 31.1. The predicted octanol–water partition coefficient (Wildman–Crippen LogP) is 0.769. The topological polar surface area (TPSA) is 175 Å². The molecule has 0 aliphatic heterocycles. The molecule has 0 spiro atoms. The third-order valence-electron chi connectivity index (χ3n) is 7.44. The molecule has 3 aromatic rings. The summed E-state index contributed by atoms with van der Waals surface area (Å²) >= 11 is 0. The number of nitrogens with two attached hydrogens (primary N) is 4. The smallest absolute Gasteiger partial charge is 0.237 e. The molecule has 10 heteroatoms. The minimum absolute atomic E-state index is 0.0623. The average molecular weight is 564 g/mol. The Balaban J connectivity index is 1.60. The summed E-state index contributed by atoms with van der Waals surface area (Å²) in [6.07, 6.45) is 4.21. The van der Waals surface area contributed by atoms with Crippen LogP contribution in [0.1, 0.15) is 30.4 Å². The van der Waals surface area contributed by atoms with Crippen LogP contribution in [-0.4, -0.2) is 79.2 Å². The van der Waals surface area contributed by atoms with Crippen molar-refractivity contribution in [3.8, 4) is 0 Å². The van der Waals surface area contributed by atoms with Gasteiger partial charge in [-0.15, -0.1) is 0 Å². The fourth-order valence-electron chi connectivity index (χ4n) is 5.17. The lowest BCUT2D eigenvalue weighted by atomic mass is 9.97. The average Bonchev–Trinajstić information content (AvgIpc) is 2.98. The van der Waals surface area contributed by atoms with Gasteiger partial charge in [-0.2, -0.15) is 5.43 Å². The second-order valence-corrected chi connectivity index (χ2v) is 10.6. The highest BCUT2D eigenvalue weighted by Crippen LogP contribution is 2.15. The number of Topliss-reactive ketones (excluding diaryl/α,β-unsaturated/α-hetero) is 1. The molecule has 0 saturated heterocycles. The minimum atomic E-state index is -0.730. The Hall–Kier alpha value is -3.25. The minimum Gasteiger partial charge on any atom is -0.345 e. The van der Waals surface area contributed by atoms with Crippen LogP contribution in [0.4, 0.5) is 0 Å². The number of hydrogen-bond donors (Lipinski definition) is 6. The maximum Gasteiger partial charge on any atom is 0.237 e. The highest BCUT2D eigenvalue weighted by atomic mass is 16.2. The van der Waals surface area contributed by atoms with Crippen LogP contribution in [0.5, 0.6) is 0 Å².